The van der Waals surface area contributed by atoms with Crippen molar-refractivity contribution in [1.29, 1.82) is 0 Å². The molecule has 0 fully saturated rings. The van der Waals surface area contributed by atoms with Gasteiger partial charge >= 0.3 is 0 Å². The van der Waals surface area contributed by atoms with Crippen LogP contribution in [0.5, 0.6) is 0 Å². The smallest absolute Gasteiger partial charge is 0.171 e. The first kappa shape index (κ1) is 43.2. The van der Waals surface area contributed by atoms with Crippen LogP contribution >= 0.6 is 0 Å². The van der Waals surface area contributed by atoms with Crippen molar-refractivity contribution in [3.63, 3.8) is 0 Å². The molecule has 0 unspecified atom stereocenters. The van der Waals surface area contributed by atoms with Gasteiger partial charge in [-0.25, -0.2) is 4.57 Å². The van der Waals surface area contributed by atoms with E-state index in [2.05, 4.69) is 55.1 Å². The molecule has 0 amide bonds. The van der Waals surface area contributed by atoms with Gasteiger partial charge in [-0.2, -0.15) is 0 Å². The highest BCUT2D eigenvalue weighted by molar-refractivity contribution is 5.05. The standard InChI is InChI=1S/C42H78N.ClH/c1-3-5-7-9-11-13-15-17-19-21-22-24-26-28-30-32-34-37-42-38-36-40-43(41-42)39-35-33-31-29-27-25-23-20-18-16-14-12-10-8-6-4-2;/h18,20,36,38,40-41H,3-17,19,21-35,37,39H2,1-2H3;1H/q+1;/p-1/b20-18-;. The molecule has 0 aromatic carbocycles. The average Bonchev–Trinajstić information content (AvgIpc) is 3.02. The lowest BCUT2D eigenvalue weighted by Gasteiger charge is -2.04. The molecule has 0 radical (unpaired) electrons. The Morgan fingerprint density at radius 1 is 0.455 bits per heavy atom. The Kier molecular flexibility index (Phi) is 36.0. The Morgan fingerprint density at radius 2 is 0.818 bits per heavy atom. The lowest BCUT2D eigenvalue weighted by Crippen LogP contribution is -3.00. The zero-order valence-electron chi connectivity index (χ0n) is 30.1. The minimum Gasteiger partial charge on any atom is -1.00 e. The molecule has 1 rings (SSSR count). The number of hydrogen-bond donors (Lipinski definition) is 0. The van der Waals surface area contributed by atoms with Gasteiger partial charge in [0.25, 0.3) is 0 Å². The van der Waals surface area contributed by atoms with Gasteiger partial charge < -0.3 is 12.4 Å². The van der Waals surface area contributed by atoms with Gasteiger partial charge in [0.15, 0.2) is 12.4 Å². The molecule has 1 aromatic heterocycles. The monoisotopic (exact) mass is 632 g/mol. The molecule has 0 spiro atoms. The molecule has 0 bridgehead atoms. The number of aryl methyl sites for hydroxylation is 2. The van der Waals surface area contributed by atoms with Crippen LogP contribution in [0, 0.1) is 0 Å². The summed E-state index contributed by atoms with van der Waals surface area (Å²) in [7, 11) is 0. The predicted molar refractivity (Wildman–Crippen MR) is 194 cm³/mol. The quantitative estimate of drug-likeness (QED) is 0.0404. The van der Waals surface area contributed by atoms with Crippen LogP contribution in [0.15, 0.2) is 36.7 Å². The summed E-state index contributed by atoms with van der Waals surface area (Å²) in [6.07, 6.45) is 54.8. The molecule has 2 heteroatoms. The maximum atomic E-state index is 2.44. The number of rotatable bonds is 34. The molecule has 0 saturated heterocycles. The van der Waals surface area contributed by atoms with Crippen LogP contribution in [0.2, 0.25) is 0 Å². The third-order valence-corrected chi connectivity index (χ3v) is 9.42. The summed E-state index contributed by atoms with van der Waals surface area (Å²) < 4.78 is 2.44. The zero-order valence-corrected chi connectivity index (χ0v) is 30.9. The maximum absolute atomic E-state index is 2.44. The van der Waals surface area contributed by atoms with Crippen LogP contribution in [-0.4, -0.2) is 0 Å². The van der Waals surface area contributed by atoms with E-state index in [-0.39, 0.29) is 12.4 Å². The Hall–Kier alpha value is -0.820. The number of hydrogen-bond acceptors (Lipinski definition) is 0. The van der Waals surface area contributed by atoms with E-state index in [1.54, 1.807) is 0 Å². The second-order valence-electron chi connectivity index (χ2n) is 13.8. The summed E-state index contributed by atoms with van der Waals surface area (Å²) in [5, 5.41) is 0. The average molecular weight is 633 g/mol. The maximum Gasteiger partial charge on any atom is 0.171 e. The van der Waals surface area contributed by atoms with Crippen molar-refractivity contribution in [2.45, 2.75) is 226 Å². The molecule has 1 aromatic rings. The van der Waals surface area contributed by atoms with Crippen LogP contribution < -0.4 is 17.0 Å². The van der Waals surface area contributed by atoms with Gasteiger partial charge in [0.05, 0.1) is 0 Å². The molecular weight excluding hydrogens is 554 g/mol. The van der Waals surface area contributed by atoms with Crippen molar-refractivity contribution in [2.75, 3.05) is 0 Å². The Balaban J connectivity index is 0.0000185. The molecule has 0 N–H and O–H groups in total. The van der Waals surface area contributed by atoms with Gasteiger partial charge in [-0.3, -0.25) is 0 Å². The molecule has 0 aliphatic carbocycles. The van der Waals surface area contributed by atoms with Crippen LogP contribution in [0.25, 0.3) is 0 Å². The Morgan fingerprint density at radius 3 is 1.25 bits per heavy atom. The number of halogens is 1. The molecule has 0 atom stereocenters. The number of pyridine rings is 1. The Labute approximate surface area is 284 Å². The number of allylic oxidation sites excluding steroid dienone is 2. The van der Waals surface area contributed by atoms with Crippen LogP contribution in [0.4, 0.5) is 0 Å². The van der Waals surface area contributed by atoms with Crippen molar-refractivity contribution in [3.05, 3.63) is 42.2 Å². The highest BCUT2D eigenvalue weighted by Crippen LogP contribution is 2.15. The first-order valence-corrected chi connectivity index (χ1v) is 20.0. The SMILES string of the molecule is CCCCCCCC/C=C\CCCCCCCC[n+]1cccc(CCCCCCCCCCCCCCCCCCC)c1.[Cl-]. The summed E-state index contributed by atoms with van der Waals surface area (Å²) >= 11 is 0. The molecule has 258 valence electrons. The highest BCUT2D eigenvalue weighted by Gasteiger charge is 2.03. The molecule has 1 heterocycles. The fourth-order valence-electron chi connectivity index (χ4n) is 6.46. The second kappa shape index (κ2) is 36.6. The normalized spacial score (nSPS) is 11.4. The Bertz CT molecular complexity index is 699. The minimum atomic E-state index is 0. The summed E-state index contributed by atoms with van der Waals surface area (Å²) in [6, 6.07) is 4.61. The summed E-state index contributed by atoms with van der Waals surface area (Å²) in [6.45, 7) is 5.79. The van der Waals surface area contributed by atoms with Crippen LogP contribution in [-0.2, 0) is 13.0 Å². The number of nitrogens with zero attached hydrogens (tertiary/aromatic N) is 1. The highest BCUT2D eigenvalue weighted by atomic mass is 35.5. The first-order valence-electron chi connectivity index (χ1n) is 20.0. The number of unbranched alkanes of at least 4 members (excludes halogenated alkanes) is 28. The predicted octanol–water partition coefficient (Wildman–Crippen LogP) is 11.2. The van der Waals surface area contributed by atoms with Crippen LogP contribution in [0.1, 0.15) is 218 Å². The number of aromatic nitrogens is 1. The topological polar surface area (TPSA) is 3.88 Å². The van der Waals surface area contributed by atoms with Gasteiger partial charge in [0, 0.05) is 18.1 Å². The van der Waals surface area contributed by atoms with Gasteiger partial charge in [0.2, 0.25) is 0 Å². The fraction of sp³-hybridized carbons (Fsp3) is 0.833. The molecule has 0 aliphatic rings. The molecule has 0 saturated carbocycles. The van der Waals surface area contributed by atoms with Crippen molar-refractivity contribution < 1.29 is 17.0 Å². The summed E-state index contributed by atoms with van der Waals surface area (Å²) in [4.78, 5) is 0. The van der Waals surface area contributed by atoms with E-state index in [9.17, 15) is 0 Å². The molecular formula is C42H78ClN. The molecule has 44 heavy (non-hydrogen) atoms. The third kappa shape index (κ3) is 31.2. The van der Waals surface area contributed by atoms with Crippen molar-refractivity contribution >= 4 is 0 Å². The van der Waals surface area contributed by atoms with E-state index >= 15 is 0 Å². The van der Waals surface area contributed by atoms with Crippen LogP contribution in [0.3, 0.4) is 0 Å². The zero-order chi connectivity index (χ0) is 30.7. The van der Waals surface area contributed by atoms with E-state index < -0.39 is 0 Å². The first-order chi connectivity index (χ1) is 21.4. The van der Waals surface area contributed by atoms with E-state index in [1.807, 2.05) is 0 Å². The summed E-state index contributed by atoms with van der Waals surface area (Å²) in [5.74, 6) is 0. The van der Waals surface area contributed by atoms with E-state index in [0.717, 1.165) is 0 Å². The van der Waals surface area contributed by atoms with E-state index in [1.165, 1.54) is 218 Å². The van der Waals surface area contributed by atoms with Crippen molar-refractivity contribution in [3.8, 4) is 0 Å². The lowest BCUT2D eigenvalue weighted by atomic mass is 10.0. The molecule has 0 aliphatic heterocycles. The van der Waals surface area contributed by atoms with Gasteiger partial charge in [-0.05, 0) is 51.0 Å². The minimum absolute atomic E-state index is 0. The fourth-order valence-corrected chi connectivity index (χ4v) is 6.46. The van der Waals surface area contributed by atoms with E-state index in [0.29, 0.717) is 0 Å². The largest absolute Gasteiger partial charge is 1.00 e. The summed E-state index contributed by atoms with van der Waals surface area (Å²) in [5.41, 5.74) is 1.54. The second-order valence-corrected chi connectivity index (χ2v) is 13.8. The van der Waals surface area contributed by atoms with Crippen molar-refractivity contribution in [1.82, 2.24) is 0 Å². The molecule has 1 nitrogen and oxygen atoms in total. The van der Waals surface area contributed by atoms with Gasteiger partial charge in [-0.1, -0.05) is 180 Å². The van der Waals surface area contributed by atoms with E-state index in [4.69, 9.17) is 0 Å². The lowest BCUT2D eigenvalue weighted by molar-refractivity contribution is -0.697. The van der Waals surface area contributed by atoms with Gasteiger partial charge in [0.1, 0.15) is 6.54 Å². The third-order valence-electron chi connectivity index (χ3n) is 9.42. The van der Waals surface area contributed by atoms with Crippen molar-refractivity contribution in [2.24, 2.45) is 0 Å². The van der Waals surface area contributed by atoms with Gasteiger partial charge in [-0.15, -0.1) is 0 Å².